The summed E-state index contributed by atoms with van der Waals surface area (Å²) >= 11 is 4.99. The lowest BCUT2D eigenvalue weighted by Gasteiger charge is -2.28. The van der Waals surface area contributed by atoms with Crippen molar-refractivity contribution in [3.8, 4) is 10.4 Å². The number of benzene rings is 1. The second-order valence-corrected chi connectivity index (χ2v) is 13.7. The Morgan fingerprint density at radius 2 is 1.85 bits per heavy atom. The minimum Gasteiger partial charge on any atom is -0.447 e. The number of halogens is 1. The van der Waals surface area contributed by atoms with Gasteiger partial charge in [-0.25, -0.2) is 22.9 Å². The van der Waals surface area contributed by atoms with E-state index in [2.05, 4.69) is 26.0 Å². The van der Waals surface area contributed by atoms with Crippen LogP contribution in [0.2, 0.25) is 0 Å². The fourth-order valence-corrected chi connectivity index (χ4v) is 7.62. The first kappa shape index (κ1) is 27.1. The van der Waals surface area contributed by atoms with Gasteiger partial charge in [-0.15, -0.1) is 11.3 Å². The molecule has 1 aliphatic carbocycles. The lowest BCUT2D eigenvalue weighted by Crippen LogP contribution is -2.40. The predicted octanol–water partition coefficient (Wildman–Crippen LogP) is 6.12. The summed E-state index contributed by atoms with van der Waals surface area (Å²) in [6.07, 6.45) is 3.04. The van der Waals surface area contributed by atoms with Crippen molar-refractivity contribution in [1.29, 1.82) is 0 Å². The van der Waals surface area contributed by atoms with Gasteiger partial charge in [0.15, 0.2) is 0 Å². The topological polar surface area (TPSA) is 97.4 Å². The number of sulfonamides is 1. The number of hydrogen-bond donors (Lipinski definition) is 2. The SMILES string of the molecule is Cc1nc([C@H]2CC[C@H](NC(=O)OC(C)C)CC2)sc1-c1ccc(Br)cc1S(=O)(=O)NC(C)(C)C. The van der Waals surface area contributed by atoms with Gasteiger partial charge in [0, 0.05) is 27.5 Å². The molecule has 7 nitrogen and oxygen atoms in total. The summed E-state index contributed by atoms with van der Waals surface area (Å²) in [6.45, 7) is 11.1. The van der Waals surface area contributed by atoms with Crippen LogP contribution in [0.3, 0.4) is 0 Å². The van der Waals surface area contributed by atoms with E-state index in [4.69, 9.17) is 9.72 Å². The van der Waals surface area contributed by atoms with E-state index in [0.29, 0.717) is 16.0 Å². The van der Waals surface area contributed by atoms with Crippen LogP contribution < -0.4 is 10.0 Å². The lowest BCUT2D eigenvalue weighted by molar-refractivity contribution is 0.109. The Balaban J connectivity index is 1.81. The molecule has 0 unspecified atom stereocenters. The third kappa shape index (κ3) is 7.02. The van der Waals surface area contributed by atoms with E-state index in [1.165, 1.54) is 0 Å². The first-order chi connectivity index (χ1) is 15.7. The molecule has 0 bridgehead atoms. The van der Waals surface area contributed by atoms with Crippen molar-refractivity contribution in [1.82, 2.24) is 15.0 Å². The van der Waals surface area contributed by atoms with Crippen LogP contribution in [-0.2, 0) is 14.8 Å². The molecular formula is C24H34BrN3O4S2. The second kappa shape index (κ2) is 10.6. The molecule has 2 N–H and O–H groups in total. The van der Waals surface area contributed by atoms with Crippen LogP contribution in [0.15, 0.2) is 27.6 Å². The summed E-state index contributed by atoms with van der Waals surface area (Å²) < 4.78 is 35.1. The van der Waals surface area contributed by atoms with Gasteiger partial charge in [0.1, 0.15) is 0 Å². The van der Waals surface area contributed by atoms with E-state index >= 15 is 0 Å². The van der Waals surface area contributed by atoms with Crippen molar-refractivity contribution in [2.45, 2.75) is 95.7 Å². The fourth-order valence-electron chi connectivity index (χ4n) is 4.11. The Kier molecular flexibility index (Phi) is 8.48. The number of aromatic nitrogens is 1. The number of ether oxygens (including phenoxy) is 1. The number of hydrogen-bond acceptors (Lipinski definition) is 6. The molecule has 1 aromatic heterocycles. The fraction of sp³-hybridized carbons (Fsp3) is 0.583. The molecule has 2 aromatic rings. The molecule has 0 aliphatic heterocycles. The third-order valence-electron chi connectivity index (χ3n) is 5.47. The number of nitrogens with one attached hydrogen (secondary N) is 2. The van der Waals surface area contributed by atoms with Gasteiger partial charge in [0.05, 0.1) is 26.6 Å². The summed E-state index contributed by atoms with van der Waals surface area (Å²) in [5.74, 6) is 0.292. The van der Waals surface area contributed by atoms with E-state index in [1.54, 1.807) is 17.4 Å². The summed E-state index contributed by atoms with van der Waals surface area (Å²) in [7, 11) is -3.73. The summed E-state index contributed by atoms with van der Waals surface area (Å²) in [5, 5.41) is 3.98. The van der Waals surface area contributed by atoms with Crippen molar-refractivity contribution in [3.63, 3.8) is 0 Å². The zero-order chi connectivity index (χ0) is 25.3. The average molecular weight is 573 g/mol. The van der Waals surface area contributed by atoms with Gasteiger partial charge < -0.3 is 10.1 Å². The molecule has 1 amide bonds. The molecule has 1 heterocycles. The molecule has 188 valence electrons. The van der Waals surface area contributed by atoms with E-state index in [1.807, 2.05) is 53.7 Å². The molecule has 34 heavy (non-hydrogen) atoms. The molecule has 0 spiro atoms. The van der Waals surface area contributed by atoms with Crippen LogP contribution in [0.5, 0.6) is 0 Å². The summed E-state index contributed by atoms with van der Waals surface area (Å²) in [5.41, 5.74) is 0.893. The number of alkyl carbamates (subject to hydrolysis) is 1. The molecule has 0 radical (unpaired) electrons. The molecule has 1 aliphatic rings. The van der Waals surface area contributed by atoms with Crippen LogP contribution >= 0.6 is 27.3 Å². The van der Waals surface area contributed by atoms with Crippen LogP contribution in [0, 0.1) is 6.92 Å². The van der Waals surface area contributed by atoms with Gasteiger partial charge in [-0.05, 0) is 79.4 Å². The van der Waals surface area contributed by atoms with E-state index in [-0.39, 0.29) is 23.1 Å². The van der Waals surface area contributed by atoms with Crippen LogP contribution in [0.25, 0.3) is 10.4 Å². The molecule has 1 saturated carbocycles. The van der Waals surface area contributed by atoms with Crippen LogP contribution in [0.1, 0.15) is 76.9 Å². The lowest BCUT2D eigenvalue weighted by atomic mass is 9.86. The average Bonchev–Trinajstić information content (AvgIpc) is 3.07. The third-order valence-corrected chi connectivity index (χ3v) is 9.12. The van der Waals surface area contributed by atoms with Gasteiger partial charge >= 0.3 is 6.09 Å². The number of thiazole rings is 1. The first-order valence-electron chi connectivity index (χ1n) is 11.5. The van der Waals surface area contributed by atoms with Crippen LogP contribution in [0.4, 0.5) is 4.79 Å². The Morgan fingerprint density at radius 3 is 2.44 bits per heavy atom. The standard InChI is InChI=1S/C24H34BrN3O4S2/c1-14(2)32-23(29)27-18-10-7-16(8-11-18)22-26-15(3)21(33-22)19-12-9-17(25)13-20(19)34(30,31)28-24(4,5)6/h9,12-14,16,18,28H,7-8,10-11H2,1-6H3,(H,27,29)/t16-,18-. The smallest absolute Gasteiger partial charge is 0.407 e. The number of amides is 1. The number of nitrogens with zero attached hydrogens (tertiary/aromatic N) is 1. The van der Waals surface area contributed by atoms with Gasteiger partial charge in [0.25, 0.3) is 0 Å². The van der Waals surface area contributed by atoms with Crippen molar-refractivity contribution < 1.29 is 17.9 Å². The number of rotatable bonds is 6. The van der Waals surface area contributed by atoms with Gasteiger partial charge in [-0.1, -0.05) is 22.0 Å². The van der Waals surface area contributed by atoms with Crippen molar-refractivity contribution in [3.05, 3.63) is 33.4 Å². The number of carbonyl (C=O) groups excluding carboxylic acids is 1. The van der Waals surface area contributed by atoms with Gasteiger partial charge in [0.2, 0.25) is 10.0 Å². The minimum atomic E-state index is -3.73. The Bertz CT molecular complexity index is 1130. The second-order valence-electron chi connectivity index (χ2n) is 10.1. The quantitative estimate of drug-likeness (QED) is 0.435. The first-order valence-corrected chi connectivity index (χ1v) is 14.6. The largest absolute Gasteiger partial charge is 0.447 e. The zero-order valence-corrected chi connectivity index (χ0v) is 23.8. The zero-order valence-electron chi connectivity index (χ0n) is 20.6. The van der Waals surface area contributed by atoms with Crippen molar-refractivity contribution in [2.24, 2.45) is 0 Å². The van der Waals surface area contributed by atoms with E-state index in [0.717, 1.165) is 41.3 Å². The monoisotopic (exact) mass is 571 g/mol. The molecular weight excluding hydrogens is 538 g/mol. The number of aryl methyl sites for hydroxylation is 1. The van der Waals surface area contributed by atoms with Gasteiger partial charge in [-0.2, -0.15) is 0 Å². The van der Waals surface area contributed by atoms with Crippen LogP contribution in [-0.4, -0.2) is 37.2 Å². The summed E-state index contributed by atoms with van der Waals surface area (Å²) in [6, 6.07) is 5.45. The highest BCUT2D eigenvalue weighted by Gasteiger charge is 2.29. The molecule has 0 atom stereocenters. The van der Waals surface area contributed by atoms with Crippen molar-refractivity contribution >= 4 is 43.4 Å². The van der Waals surface area contributed by atoms with E-state index < -0.39 is 15.6 Å². The molecule has 3 rings (SSSR count). The number of carbonyl (C=O) groups is 1. The molecule has 10 heteroatoms. The van der Waals surface area contributed by atoms with E-state index in [9.17, 15) is 13.2 Å². The normalized spacial score (nSPS) is 19.3. The highest BCUT2D eigenvalue weighted by Crippen LogP contribution is 2.41. The molecule has 1 aromatic carbocycles. The predicted molar refractivity (Wildman–Crippen MR) is 140 cm³/mol. The Hall–Kier alpha value is -1.49. The Morgan fingerprint density at radius 1 is 1.21 bits per heavy atom. The maximum atomic E-state index is 13.2. The maximum Gasteiger partial charge on any atom is 0.407 e. The minimum absolute atomic E-state index is 0.106. The van der Waals surface area contributed by atoms with Crippen molar-refractivity contribution in [2.75, 3.05) is 0 Å². The maximum absolute atomic E-state index is 13.2. The Labute approximate surface area is 215 Å². The summed E-state index contributed by atoms with van der Waals surface area (Å²) in [4.78, 5) is 17.9. The molecule has 1 fully saturated rings. The molecule has 0 saturated heterocycles. The van der Waals surface area contributed by atoms with Gasteiger partial charge in [-0.3, -0.25) is 0 Å². The highest BCUT2D eigenvalue weighted by molar-refractivity contribution is 9.10. The highest BCUT2D eigenvalue weighted by atomic mass is 79.9.